The highest BCUT2D eigenvalue weighted by atomic mass is 32.2. The van der Waals surface area contributed by atoms with E-state index in [-0.39, 0.29) is 0 Å². The number of fused-ring (bicyclic) bond motifs is 1. The van der Waals surface area contributed by atoms with Gasteiger partial charge in [0.1, 0.15) is 5.82 Å². The molecule has 0 atom stereocenters. The molecule has 0 bridgehead atoms. The summed E-state index contributed by atoms with van der Waals surface area (Å²) in [6, 6.07) is 7.71. The van der Waals surface area contributed by atoms with Gasteiger partial charge in [0, 0.05) is 16.5 Å². The van der Waals surface area contributed by atoms with Crippen molar-refractivity contribution in [3.05, 3.63) is 36.3 Å². The minimum Gasteiger partial charge on any atom is -0.397 e. The van der Waals surface area contributed by atoms with Gasteiger partial charge in [-0.3, -0.25) is 10.1 Å². The number of para-hydroxylation sites is 1. The molecule has 0 amide bonds. The van der Waals surface area contributed by atoms with Crippen molar-refractivity contribution in [1.29, 1.82) is 0 Å². The lowest BCUT2D eigenvalue weighted by atomic mass is 10.2. The Morgan fingerprint density at radius 2 is 2.17 bits per heavy atom. The average molecular weight is 257 g/mol. The van der Waals surface area contributed by atoms with Gasteiger partial charge in [0.2, 0.25) is 5.16 Å². The van der Waals surface area contributed by atoms with Crippen LogP contribution < -0.4 is 5.73 Å². The number of nitrogen functional groups attached to an aromatic ring is 1. The number of rotatable bonds is 2. The molecule has 0 unspecified atom stereocenters. The van der Waals surface area contributed by atoms with Gasteiger partial charge >= 0.3 is 0 Å². The molecule has 0 spiro atoms. The van der Waals surface area contributed by atoms with Crippen LogP contribution in [0.1, 0.15) is 5.82 Å². The molecular formula is C12H11N5S. The molecule has 0 fully saturated rings. The van der Waals surface area contributed by atoms with Gasteiger partial charge < -0.3 is 5.73 Å². The van der Waals surface area contributed by atoms with Crippen molar-refractivity contribution >= 4 is 28.4 Å². The molecule has 6 heteroatoms. The summed E-state index contributed by atoms with van der Waals surface area (Å²) in [4.78, 5) is 9.63. The minimum absolute atomic E-state index is 0.682. The lowest BCUT2D eigenvalue weighted by Crippen LogP contribution is -1.90. The molecule has 3 rings (SSSR count). The molecular weight excluding hydrogens is 246 g/mol. The summed E-state index contributed by atoms with van der Waals surface area (Å²) in [5.41, 5.74) is 7.41. The summed E-state index contributed by atoms with van der Waals surface area (Å²) in [6.45, 7) is 1.87. The number of hydrogen-bond acceptors (Lipinski definition) is 5. The SMILES string of the molecule is Cc1nc(Sc2ccnc3c(N)cccc23)n[nH]1. The monoisotopic (exact) mass is 257 g/mol. The molecule has 0 aliphatic carbocycles. The molecule has 0 saturated carbocycles. The molecule has 18 heavy (non-hydrogen) atoms. The second kappa shape index (κ2) is 4.30. The third-order valence-corrected chi connectivity index (χ3v) is 3.48. The van der Waals surface area contributed by atoms with Gasteiger partial charge in [-0.25, -0.2) is 4.98 Å². The minimum atomic E-state index is 0.682. The number of nitrogens with two attached hydrogens (primary N) is 1. The quantitative estimate of drug-likeness (QED) is 0.689. The summed E-state index contributed by atoms with van der Waals surface area (Å²) in [6.07, 6.45) is 1.75. The van der Waals surface area contributed by atoms with Crippen LogP contribution in [0.15, 0.2) is 40.5 Å². The number of aryl methyl sites for hydroxylation is 1. The summed E-state index contributed by atoms with van der Waals surface area (Å²) in [5.74, 6) is 0.801. The largest absolute Gasteiger partial charge is 0.397 e. The maximum atomic E-state index is 5.91. The van der Waals surface area contributed by atoms with Gasteiger partial charge in [-0.2, -0.15) is 0 Å². The van der Waals surface area contributed by atoms with Gasteiger partial charge in [0.05, 0.1) is 11.2 Å². The second-order valence-corrected chi connectivity index (χ2v) is 4.87. The van der Waals surface area contributed by atoms with Crippen molar-refractivity contribution in [3.8, 4) is 0 Å². The van der Waals surface area contributed by atoms with E-state index in [1.54, 1.807) is 6.20 Å². The normalized spacial score (nSPS) is 10.9. The number of pyridine rings is 1. The topological polar surface area (TPSA) is 80.5 Å². The number of aromatic nitrogens is 4. The smallest absolute Gasteiger partial charge is 0.213 e. The zero-order chi connectivity index (χ0) is 12.5. The first-order valence-electron chi connectivity index (χ1n) is 5.44. The number of nitrogens with zero attached hydrogens (tertiary/aromatic N) is 3. The van der Waals surface area contributed by atoms with E-state index in [0.29, 0.717) is 10.8 Å². The Hall–Kier alpha value is -2.08. The highest BCUT2D eigenvalue weighted by Crippen LogP contribution is 2.32. The van der Waals surface area contributed by atoms with E-state index in [4.69, 9.17) is 5.73 Å². The Labute approximate surface area is 108 Å². The molecule has 3 N–H and O–H groups in total. The summed E-state index contributed by atoms with van der Waals surface area (Å²) in [5, 5.41) is 8.66. The molecule has 3 aromatic rings. The fourth-order valence-electron chi connectivity index (χ4n) is 1.73. The number of aromatic amines is 1. The zero-order valence-electron chi connectivity index (χ0n) is 9.71. The lowest BCUT2D eigenvalue weighted by molar-refractivity contribution is 0.970. The average Bonchev–Trinajstić information content (AvgIpc) is 2.76. The van der Waals surface area contributed by atoms with Crippen molar-refractivity contribution in [2.24, 2.45) is 0 Å². The van der Waals surface area contributed by atoms with Crippen molar-refractivity contribution in [3.63, 3.8) is 0 Å². The molecule has 0 radical (unpaired) electrons. The molecule has 0 aliphatic heterocycles. The van der Waals surface area contributed by atoms with Crippen molar-refractivity contribution < 1.29 is 0 Å². The Morgan fingerprint density at radius 1 is 1.28 bits per heavy atom. The predicted octanol–water partition coefficient (Wildman–Crippen LogP) is 2.39. The van der Waals surface area contributed by atoms with Crippen LogP contribution in [-0.2, 0) is 0 Å². The lowest BCUT2D eigenvalue weighted by Gasteiger charge is -2.04. The van der Waals surface area contributed by atoms with Gasteiger partial charge in [0.15, 0.2) is 0 Å². The first kappa shape index (κ1) is 11.0. The van der Waals surface area contributed by atoms with Crippen LogP contribution in [-0.4, -0.2) is 20.2 Å². The van der Waals surface area contributed by atoms with Crippen LogP contribution in [0.2, 0.25) is 0 Å². The Morgan fingerprint density at radius 3 is 2.94 bits per heavy atom. The van der Waals surface area contributed by atoms with Crippen LogP contribution >= 0.6 is 11.8 Å². The maximum absolute atomic E-state index is 5.91. The third kappa shape index (κ3) is 1.91. The van der Waals surface area contributed by atoms with E-state index in [9.17, 15) is 0 Å². The fraction of sp³-hybridized carbons (Fsp3) is 0.0833. The van der Waals surface area contributed by atoms with Crippen LogP contribution in [0, 0.1) is 6.92 Å². The van der Waals surface area contributed by atoms with Crippen LogP contribution in [0.25, 0.3) is 10.9 Å². The molecule has 0 aliphatic rings. The Kier molecular flexibility index (Phi) is 2.64. The fourth-order valence-corrected chi connectivity index (χ4v) is 2.60. The van der Waals surface area contributed by atoms with E-state index in [1.807, 2.05) is 31.2 Å². The highest BCUT2D eigenvalue weighted by molar-refractivity contribution is 7.99. The second-order valence-electron chi connectivity index (χ2n) is 3.86. The van der Waals surface area contributed by atoms with E-state index >= 15 is 0 Å². The third-order valence-electron chi connectivity index (χ3n) is 2.54. The number of benzene rings is 1. The zero-order valence-corrected chi connectivity index (χ0v) is 10.5. The molecule has 2 aromatic heterocycles. The van der Waals surface area contributed by atoms with Gasteiger partial charge in [-0.1, -0.05) is 12.1 Å². The molecule has 1 aromatic carbocycles. The van der Waals surface area contributed by atoms with Crippen molar-refractivity contribution in [1.82, 2.24) is 20.2 Å². The first-order chi connectivity index (χ1) is 8.74. The molecule has 5 nitrogen and oxygen atoms in total. The first-order valence-corrected chi connectivity index (χ1v) is 6.26. The van der Waals surface area contributed by atoms with Crippen LogP contribution in [0.4, 0.5) is 5.69 Å². The summed E-state index contributed by atoms with van der Waals surface area (Å²) < 4.78 is 0. The number of H-pyrrole nitrogens is 1. The molecule has 0 saturated heterocycles. The van der Waals surface area contributed by atoms with E-state index < -0.39 is 0 Å². The number of anilines is 1. The Balaban J connectivity index is 2.09. The van der Waals surface area contributed by atoms with E-state index in [1.165, 1.54) is 11.8 Å². The van der Waals surface area contributed by atoms with Crippen LogP contribution in [0.5, 0.6) is 0 Å². The van der Waals surface area contributed by atoms with Crippen LogP contribution in [0.3, 0.4) is 0 Å². The van der Waals surface area contributed by atoms with E-state index in [2.05, 4.69) is 20.2 Å². The van der Waals surface area contributed by atoms with Crippen molar-refractivity contribution in [2.75, 3.05) is 5.73 Å². The van der Waals surface area contributed by atoms with Crippen molar-refractivity contribution in [2.45, 2.75) is 17.0 Å². The predicted molar refractivity (Wildman–Crippen MR) is 71.4 cm³/mol. The van der Waals surface area contributed by atoms with Gasteiger partial charge in [-0.15, -0.1) is 5.10 Å². The maximum Gasteiger partial charge on any atom is 0.213 e. The summed E-state index contributed by atoms with van der Waals surface area (Å²) >= 11 is 1.50. The standard InChI is InChI=1S/C12H11N5S/c1-7-15-12(17-16-7)18-10-5-6-14-11-8(10)3-2-4-9(11)13/h2-6H,13H2,1H3,(H,15,16,17). The summed E-state index contributed by atoms with van der Waals surface area (Å²) in [7, 11) is 0. The number of nitrogens with one attached hydrogen (secondary N) is 1. The molecule has 2 heterocycles. The highest BCUT2D eigenvalue weighted by Gasteiger charge is 2.08. The van der Waals surface area contributed by atoms with E-state index in [0.717, 1.165) is 21.6 Å². The molecule has 90 valence electrons. The number of hydrogen-bond donors (Lipinski definition) is 2. The van der Waals surface area contributed by atoms with Gasteiger partial charge in [0.25, 0.3) is 0 Å². The Bertz CT molecular complexity index is 707. The van der Waals surface area contributed by atoms with Gasteiger partial charge in [-0.05, 0) is 30.8 Å².